The molecule has 2 aromatic rings. The summed E-state index contributed by atoms with van der Waals surface area (Å²) in [5.74, 6) is -0.161. The van der Waals surface area contributed by atoms with Crippen LogP contribution in [0.3, 0.4) is 0 Å². The molecule has 0 saturated carbocycles. The molecule has 2 nitrogen and oxygen atoms in total. The van der Waals surface area contributed by atoms with E-state index in [-0.39, 0.29) is 17.9 Å². The summed E-state index contributed by atoms with van der Waals surface area (Å²) in [7, 11) is 0. The van der Waals surface area contributed by atoms with Crippen LogP contribution in [-0.2, 0) is 0 Å². The van der Waals surface area contributed by atoms with Crippen molar-refractivity contribution >= 4 is 11.3 Å². The molecule has 1 unspecified atom stereocenters. The Kier molecular flexibility index (Phi) is 4.09. The number of aromatic nitrogens is 1. The molecule has 96 valence electrons. The number of benzene rings is 1. The lowest BCUT2D eigenvalue weighted by Gasteiger charge is -2.20. The Balaban J connectivity index is 2.11. The van der Waals surface area contributed by atoms with Crippen molar-refractivity contribution in [3.05, 3.63) is 51.7 Å². The van der Waals surface area contributed by atoms with E-state index in [2.05, 4.69) is 17.2 Å². The summed E-state index contributed by atoms with van der Waals surface area (Å²) < 4.78 is 13.7. The fraction of sp³-hybridized carbons (Fsp3) is 0.357. The fourth-order valence-electron chi connectivity index (χ4n) is 2.09. The zero-order chi connectivity index (χ0) is 13.1. The van der Waals surface area contributed by atoms with Crippen molar-refractivity contribution in [1.82, 2.24) is 10.3 Å². The van der Waals surface area contributed by atoms with Crippen LogP contribution >= 0.6 is 11.3 Å². The van der Waals surface area contributed by atoms with Crippen LogP contribution in [0, 0.1) is 12.7 Å². The van der Waals surface area contributed by atoms with Gasteiger partial charge in [0.05, 0.1) is 11.2 Å². The largest absolute Gasteiger partial charge is 0.303 e. The van der Waals surface area contributed by atoms with Gasteiger partial charge in [-0.25, -0.2) is 9.37 Å². The molecule has 1 aromatic heterocycles. The lowest BCUT2D eigenvalue weighted by molar-refractivity contribution is 0.476. The van der Waals surface area contributed by atoms with Crippen molar-refractivity contribution in [3.63, 3.8) is 0 Å². The topological polar surface area (TPSA) is 24.9 Å². The number of hydrogen-bond donors (Lipinski definition) is 1. The zero-order valence-corrected chi connectivity index (χ0v) is 11.6. The number of rotatable bonds is 4. The fourth-order valence-corrected chi connectivity index (χ4v) is 2.91. The van der Waals surface area contributed by atoms with E-state index in [0.29, 0.717) is 5.56 Å². The summed E-state index contributed by atoms with van der Waals surface area (Å²) in [5, 5.41) is 3.41. The molecular formula is C14H17FN2S. The third kappa shape index (κ3) is 2.76. The minimum Gasteiger partial charge on any atom is -0.303 e. The van der Waals surface area contributed by atoms with E-state index >= 15 is 0 Å². The van der Waals surface area contributed by atoms with Gasteiger partial charge in [-0.1, -0.05) is 18.2 Å². The van der Waals surface area contributed by atoms with E-state index in [1.54, 1.807) is 17.4 Å². The smallest absolute Gasteiger partial charge is 0.127 e. The summed E-state index contributed by atoms with van der Waals surface area (Å²) in [6, 6.07) is 7.03. The number of nitrogens with one attached hydrogen (secondary N) is 1. The Morgan fingerprint density at radius 3 is 2.56 bits per heavy atom. The second-order valence-electron chi connectivity index (χ2n) is 4.43. The third-order valence-electron chi connectivity index (χ3n) is 3.05. The Bertz CT molecular complexity index is 524. The molecule has 1 heterocycles. The SMILES string of the molecule is Cc1ncsc1C(C)N[C@H](C)c1ccccc1F. The van der Waals surface area contributed by atoms with E-state index in [1.807, 2.05) is 31.5 Å². The zero-order valence-electron chi connectivity index (χ0n) is 10.8. The first-order valence-corrected chi connectivity index (χ1v) is 6.88. The molecule has 0 radical (unpaired) electrons. The minimum atomic E-state index is -0.161. The van der Waals surface area contributed by atoms with E-state index in [9.17, 15) is 4.39 Å². The highest BCUT2D eigenvalue weighted by atomic mass is 32.1. The molecule has 0 aliphatic carbocycles. The first-order chi connectivity index (χ1) is 8.59. The minimum absolute atomic E-state index is 0.0253. The molecule has 2 atom stereocenters. The maximum absolute atomic E-state index is 13.7. The van der Waals surface area contributed by atoms with Gasteiger partial charge >= 0.3 is 0 Å². The molecule has 2 rings (SSSR count). The Morgan fingerprint density at radius 2 is 1.94 bits per heavy atom. The Labute approximate surface area is 111 Å². The highest BCUT2D eigenvalue weighted by molar-refractivity contribution is 7.09. The molecule has 0 saturated heterocycles. The Morgan fingerprint density at radius 1 is 1.22 bits per heavy atom. The summed E-state index contributed by atoms with van der Waals surface area (Å²) >= 11 is 1.63. The summed E-state index contributed by atoms with van der Waals surface area (Å²) in [5.41, 5.74) is 3.59. The lowest BCUT2D eigenvalue weighted by atomic mass is 10.1. The van der Waals surface area contributed by atoms with Crippen LogP contribution in [-0.4, -0.2) is 4.98 Å². The van der Waals surface area contributed by atoms with E-state index < -0.39 is 0 Å². The standard InChI is InChI=1S/C14H17FN2S/c1-9(12-6-4-5-7-13(12)15)17-11(3)14-10(2)16-8-18-14/h4-9,11,17H,1-3H3/t9-,11?/m1/s1. The number of aryl methyl sites for hydroxylation is 1. The van der Waals surface area contributed by atoms with Crippen LogP contribution in [0.25, 0.3) is 0 Å². The average Bonchev–Trinajstić information content (AvgIpc) is 2.76. The van der Waals surface area contributed by atoms with Crippen molar-refractivity contribution in [2.24, 2.45) is 0 Å². The van der Waals surface area contributed by atoms with Gasteiger partial charge in [0.1, 0.15) is 5.82 Å². The summed E-state index contributed by atoms with van der Waals surface area (Å²) in [4.78, 5) is 5.45. The third-order valence-corrected chi connectivity index (χ3v) is 4.16. The normalized spacial score (nSPS) is 14.4. The molecule has 0 fully saturated rings. The van der Waals surface area contributed by atoms with Crippen LogP contribution in [0.1, 0.15) is 42.1 Å². The molecule has 0 aliphatic rings. The molecular weight excluding hydrogens is 247 g/mol. The average molecular weight is 264 g/mol. The van der Waals surface area contributed by atoms with Gasteiger partial charge < -0.3 is 5.32 Å². The van der Waals surface area contributed by atoms with Gasteiger partial charge in [0.2, 0.25) is 0 Å². The van der Waals surface area contributed by atoms with E-state index in [0.717, 1.165) is 5.69 Å². The van der Waals surface area contributed by atoms with E-state index in [1.165, 1.54) is 10.9 Å². The van der Waals surface area contributed by atoms with Gasteiger partial charge in [-0.2, -0.15) is 0 Å². The molecule has 0 aliphatic heterocycles. The molecule has 1 N–H and O–H groups in total. The maximum Gasteiger partial charge on any atom is 0.127 e. The van der Waals surface area contributed by atoms with Gasteiger partial charge in [-0.15, -0.1) is 11.3 Å². The van der Waals surface area contributed by atoms with Gasteiger partial charge in [-0.3, -0.25) is 0 Å². The second-order valence-corrected chi connectivity index (χ2v) is 5.32. The highest BCUT2D eigenvalue weighted by Gasteiger charge is 2.16. The number of nitrogens with zero attached hydrogens (tertiary/aromatic N) is 1. The number of halogens is 1. The van der Waals surface area contributed by atoms with Gasteiger partial charge in [0.15, 0.2) is 0 Å². The van der Waals surface area contributed by atoms with Crippen LogP contribution in [0.4, 0.5) is 4.39 Å². The molecule has 0 bridgehead atoms. The van der Waals surface area contributed by atoms with Gasteiger partial charge in [0, 0.05) is 22.5 Å². The first kappa shape index (κ1) is 13.2. The van der Waals surface area contributed by atoms with Crippen molar-refractivity contribution in [2.75, 3.05) is 0 Å². The van der Waals surface area contributed by atoms with E-state index in [4.69, 9.17) is 0 Å². The number of thiazole rings is 1. The van der Waals surface area contributed by atoms with Crippen LogP contribution in [0.2, 0.25) is 0 Å². The number of hydrogen-bond acceptors (Lipinski definition) is 3. The summed E-state index contributed by atoms with van der Waals surface area (Å²) in [6.45, 7) is 6.06. The van der Waals surface area contributed by atoms with Crippen molar-refractivity contribution in [3.8, 4) is 0 Å². The van der Waals surface area contributed by atoms with Crippen molar-refractivity contribution < 1.29 is 4.39 Å². The van der Waals surface area contributed by atoms with Crippen LogP contribution in [0.5, 0.6) is 0 Å². The molecule has 4 heteroatoms. The summed E-state index contributed by atoms with van der Waals surface area (Å²) in [6.07, 6.45) is 0. The molecule has 0 spiro atoms. The van der Waals surface area contributed by atoms with Crippen molar-refractivity contribution in [2.45, 2.75) is 32.9 Å². The predicted molar refractivity (Wildman–Crippen MR) is 73.2 cm³/mol. The predicted octanol–water partition coefficient (Wildman–Crippen LogP) is 4.00. The maximum atomic E-state index is 13.7. The lowest BCUT2D eigenvalue weighted by Crippen LogP contribution is -2.23. The quantitative estimate of drug-likeness (QED) is 0.902. The van der Waals surface area contributed by atoms with Gasteiger partial charge in [-0.05, 0) is 26.8 Å². The second kappa shape index (κ2) is 5.59. The Hall–Kier alpha value is -1.26. The highest BCUT2D eigenvalue weighted by Crippen LogP contribution is 2.25. The molecule has 0 amide bonds. The van der Waals surface area contributed by atoms with Crippen LogP contribution in [0.15, 0.2) is 29.8 Å². The van der Waals surface area contributed by atoms with Crippen LogP contribution < -0.4 is 5.32 Å². The first-order valence-electron chi connectivity index (χ1n) is 6.00. The van der Waals surface area contributed by atoms with Crippen molar-refractivity contribution in [1.29, 1.82) is 0 Å². The van der Waals surface area contributed by atoms with Gasteiger partial charge in [0.25, 0.3) is 0 Å². The molecule has 18 heavy (non-hydrogen) atoms. The molecule has 1 aromatic carbocycles. The monoisotopic (exact) mass is 264 g/mol.